The van der Waals surface area contributed by atoms with E-state index in [1.807, 2.05) is 6.07 Å². The Morgan fingerprint density at radius 3 is 2.52 bits per heavy atom. The lowest BCUT2D eigenvalue weighted by atomic mass is 9.95. The van der Waals surface area contributed by atoms with E-state index in [1.54, 1.807) is 30.3 Å². The Morgan fingerprint density at radius 1 is 1.29 bits per heavy atom. The molecule has 0 fully saturated rings. The Kier molecular flexibility index (Phi) is 6.95. The topological polar surface area (TPSA) is 52.6 Å². The molecule has 0 spiro atoms. The molecule has 0 saturated heterocycles. The van der Waals surface area contributed by atoms with Crippen molar-refractivity contribution < 1.29 is 19.1 Å². The van der Waals surface area contributed by atoms with Crippen LogP contribution in [0.3, 0.4) is 0 Å². The number of rotatable bonds is 8. The van der Waals surface area contributed by atoms with Gasteiger partial charge in [0.1, 0.15) is 6.61 Å². The molecule has 0 unspecified atom stereocenters. The number of benzene rings is 1. The van der Waals surface area contributed by atoms with Crippen molar-refractivity contribution in [3.05, 3.63) is 60.7 Å². The van der Waals surface area contributed by atoms with Crippen molar-refractivity contribution in [2.75, 3.05) is 13.7 Å². The number of ether oxygens (including phenoxy) is 2. The normalized spacial score (nSPS) is 11.3. The van der Waals surface area contributed by atoms with Gasteiger partial charge in [0.15, 0.2) is 0 Å². The molecular formula is C17H20O4. The lowest BCUT2D eigenvalue weighted by molar-refractivity contribution is -0.144. The number of allylic oxidation sites excluding steroid dienone is 1. The number of carbonyl (C=O) groups excluding carboxylic acids is 2. The number of hydrogen-bond donors (Lipinski definition) is 0. The van der Waals surface area contributed by atoms with Crippen molar-refractivity contribution >= 4 is 11.9 Å². The Labute approximate surface area is 125 Å². The van der Waals surface area contributed by atoms with E-state index in [0.29, 0.717) is 24.0 Å². The summed E-state index contributed by atoms with van der Waals surface area (Å²) in [5, 5.41) is 0. The Bertz CT molecular complexity index is 505. The van der Waals surface area contributed by atoms with E-state index in [9.17, 15) is 9.59 Å². The minimum Gasteiger partial charge on any atom is -0.469 e. The molecule has 0 radical (unpaired) electrons. The summed E-state index contributed by atoms with van der Waals surface area (Å²) in [6.45, 7) is 7.44. The van der Waals surface area contributed by atoms with E-state index >= 15 is 0 Å². The van der Waals surface area contributed by atoms with Gasteiger partial charge in [-0.25, -0.2) is 4.79 Å². The molecule has 0 heterocycles. The number of methoxy groups -OCH3 is 1. The predicted octanol–water partition coefficient (Wildman–Crippen LogP) is 3.16. The maximum Gasteiger partial charge on any atom is 0.338 e. The Balaban J connectivity index is 2.59. The molecule has 0 bridgehead atoms. The van der Waals surface area contributed by atoms with Gasteiger partial charge in [0.2, 0.25) is 0 Å². The van der Waals surface area contributed by atoms with Crippen LogP contribution in [0.2, 0.25) is 0 Å². The monoisotopic (exact) mass is 288 g/mol. The second-order valence-electron chi connectivity index (χ2n) is 4.54. The summed E-state index contributed by atoms with van der Waals surface area (Å²) in [4.78, 5) is 23.5. The maximum absolute atomic E-state index is 11.8. The quantitative estimate of drug-likeness (QED) is 0.544. The van der Waals surface area contributed by atoms with Crippen LogP contribution < -0.4 is 0 Å². The van der Waals surface area contributed by atoms with Crippen LogP contribution in [-0.2, 0) is 14.3 Å². The lowest BCUT2D eigenvalue weighted by Crippen LogP contribution is -2.21. The standard InChI is InChI=1S/C17H20O4/c1-4-5-11-15(17(19)20-3)13(2)12-21-16(18)14-9-7-6-8-10-14/h4,6-10,15H,1-2,5,11-12H2,3H3/t15-/m0/s1. The van der Waals surface area contributed by atoms with Crippen LogP contribution >= 0.6 is 0 Å². The molecule has 0 aliphatic heterocycles. The van der Waals surface area contributed by atoms with Crippen LogP contribution in [0.5, 0.6) is 0 Å². The highest BCUT2D eigenvalue weighted by Gasteiger charge is 2.22. The molecule has 21 heavy (non-hydrogen) atoms. The highest BCUT2D eigenvalue weighted by Crippen LogP contribution is 2.18. The zero-order chi connectivity index (χ0) is 15.7. The van der Waals surface area contributed by atoms with E-state index in [-0.39, 0.29) is 12.6 Å². The lowest BCUT2D eigenvalue weighted by Gasteiger charge is -2.16. The van der Waals surface area contributed by atoms with Crippen molar-refractivity contribution in [3.8, 4) is 0 Å². The first kappa shape index (κ1) is 16.7. The third-order valence-corrected chi connectivity index (χ3v) is 3.04. The number of hydrogen-bond acceptors (Lipinski definition) is 4. The highest BCUT2D eigenvalue weighted by molar-refractivity contribution is 5.89. The summed E-state index contributed by atoms with van der Waals surface area (Å²) in [5.41, 5.74) is 0.985. The number of esters is 2. The van der Waals surface area contributed by atoms with Crippen molar-refractivity contribution in [1.29, 1.82) is 0 Å². The van der Waals surface area contributed by atoms with E-state index in [4.69, 9.17) is 9.47 Å². The summed E-state index contributed by atoms with van der Waals surface area (Å²) in [7, 11) is 1.33. The summed E-state index contributed by atoms with van der Waals surface area (Å²) in [6, 6.07) is 8.67. The average Bonchev–Trinajstić information content (AvgIpc) is 2.53. The second-order valence-corrected chi connectivity index (χ2v) is 4.54. The molecule has 0 aromatic heterocycles. The van der Waals surface area contributed by atoms with Crippen molar-refractivity contribution in [2.24, 2.45) is 5.92 Å². The van der Waals surface area contributed by atoms with Crippen LogP contribution in [-0.4, -0.2) is 25.7 Å². The van der Waals surface area contributed by atoms with E-state index in [2.05, 4.69) is 13.2 Å². The Morgan fingerprint density at radius 2 is 1.95 bits per heavy atom. The fourth-order valence-corrected chi connectivity index (χ4v) is 1.83. The zero-order valence-corrected chi connectivity index (χ0v) is 12.2. The zero-order valence-electron chi connectivity index (χ0n) is 12.2. The molecule has 1 rings (SSSR count). The van der Waals surface area contributed by atoms with Crippen LogP contribution in [0.1, 0.15) is 23.2 Å². The third-order valence-electron chi connectivity index (χ3n) is 3.04. The Hall–Kier alpha value is -2.36. The molecule has 1 aromatic carbocycles. The van der Waals surface area contributed by atoms with Gasteiger partial charge in [0, 0.05) is 0 Å². The van der Waals surface area contributed by atoms with Gasteiger partial charge in [-0.05, 0) is 30.5 Å². The van der Waals surface area contributed by atoms with Gasteiger partial charge >= 0.3 is 11.9 Å². The highest BCUT2D eigenvalue weighted by atomic mass is 16.5. The maximum atomic E-state index is 11.8. The third kappa shape index (κ3) is 5.26. The van der Waals surface area contributed by atoms with Crippen LogP contribution in [0.15, 0.2) is 55.1 Å². The summed E-state index contributed by atoms with van der Waals surface area (Å²) >= 11 is 0. The van der Waals surface area contributed by atoms with Crippen molar-refractivity contribution in [1.82, 2.24) is 0 Å². The minimum absolute atomic E-state index is 0.00929. The molecule has 112 valence electrons. The van der Waals surface area contributed by atoms with Crippen LogP contribution in [0.25, 0.3) is 0 Å². The van der Waals surface area contributed by atoms with Crippen LogP contribution in [0.4, 0.5) is 0 Å². The summed E-state index contributed by atoms with van der Waals surface area (Å²) < 4.78 is 9.92. The minimum atomic E-state index is -0.489. The fraction of sp³-hybridized carbons (Fsp3) is 0.294. The number of carbonyl (C=O) groups is 2. The first-order valence-corrected chi connectivity index (χ1v) is 6.68. The van der Waals surface area contributed by atoms with Gasteiger partial charge in [-0.1, -0.05) is 30.9 Å². The van der Waals surface area contributed by atoms with Crippen molar-refractivity contribution in [2.45, 2.75) is 12.8 Å². The molecule has 4 heteroatoms. The molecule has 1 atom stereocenters. The average molecular weight is 288 g/mol. The SMILES string of the molecule is C=CCC[C@@H](C(=C)COC(=O)c1ccccc1)C(=O)OC. The molecule has 0 aliphatic carbocycles. The van der Waals surface area contributed by atoms with Crippen LogP contribution in [0, 0.1) is 5.92 Å². The molecular weight excluding hydrogens is 268 g/mol. The second kappa shape index (κ2) is 8.74. The van der Waals surface area contributed by atoms with E-state index in [0.717, 1.165) is 0 Å². The van der Waals surface area contributed by atoms with Gasteiger partial charge in [0.05, 0.1) is 18.6 Å². The van der Waals surface area contributed by atoms with E-state index in [1.165, 1.54) is 7.11 Å². The summed E-state index contributed by atoms with van der Waals surface area (Å²) in [6.07, 6.45) is 2.92. The van der Waals surface area contributed by atoms with Gasteiger partial charge in [0.25, 0.3) is 0 Å². The van der Waals surface area contributed by atoms with E-state index < -0.39 is 11.9 Å². The molecule has 4 nitrogen and oxygen atoms in total. The van der Waals surface area contributed by atoms with Gasteiger partial charge in [-0.3, -0.25) is 4.79 Å². The first-order valence-electron chi connectivity index (χ1n) is 6.68. The van der Waals surface area contributed by atoms with Gasteiger partial charge < -0.3 is 9.47 Å². The van der Waals surface area contributed by atoms with Gasteiger partial charge in [-0.2, -0.15) is 0 Å². The smallest absolute Gasteiger partial charge is 0.338 e. The fourth-order valence-electron chi connectivity index (χ4n) is 1.83. The molecule has 1 aromatic rings. The first-order chi connectivity index (χ1) is 10.1. The molecule has 0 saturated carbocycles. The molecule has 0 N–H and O–H groups in total. The largest absolute Gasteiger partial charge is 0.469 e. The van der Waals surface area contributed by atoms with Crippen molar-refractivity contribution in [3.63, 3.8) is 0 Å². The molecule has 0 aliphatic rings. The molecule has 0 amide bonds. The predicted molar refractivity (Wildman–Crippen MR) is 80.8 cm³/mol. The van der Waals surface area contributed by atoms with Gasteiger partial charge in [-0.15, -0.1) is 6.58 Å². The summed E-state index contributed by atoms with van der Waals surface area (Å²) in [5.74, 6) is -1.31.